The van der Waals surface area contributed by atoms with Crippen LogP contribution in [-0.2, 0) is 23.1 Å². The Bertz CT molecular complexity index is 574. The minimum atomic E-state index is -0.905. The van der Waals surface area contributed by atoms with Crippen LogP contribution >= 0.6 is 15.9 Å². The third-order valence-corrected chi connectivity index (χ3v) is 6.04. The second-order valence-electron chi connectivity index (χ2n) is 6.38. The Kier molecular flexibility index (Phi) is 4.00. The molecule has 1 aromatic carbocycles. The van der Waals surface area contributed by atoms with Crippen molar-refractivity contribution in [1.82, 2.24) is 0 Å². The van der Waals surface area contributed by atoms with E-state index in [-0.39, 0.29) is 5.75 Å². The van der Waals surface area contributed by atoms with Gasteiger partial charge in [0.15, 0.2) is 0 Å². The van der Waals surface area contributed by atoms with Crippen molar-refractivity contribution in [2.24, 2.45) is 0 Å². The van der Waals surface area contributed by atoms with E-state index in [0.717, 1.165) is 49.4 Å². The number of phenolic OH excluding ortho intramolecular Hbond substituents is 1. The van der Waals surface area contributed by atoms with Crippen LogP contribution in [0.3, 0.4) is 0 Å². The molecule has 21 heavy (non-hydrogen) atoms. The van der Waals surface area contributed by atoms with Gasteiger partial charge in [0.2, 0.25) is 0 Å². The van der Waals surface area contributed by atoms with Crippen molar-refractivity contribution >= 4 is 21.9 Å². The van der Waals surface area contributed by atoms with E-state index in [9.17, 15) is 15.0 Å². The highest BCUT2D eigenvalue weighted by molar-refractivity contribution is 9.10. The van der Waals surface area contributed by atoms with Gasteiger partial charge < -0.3 is 10.2 Å². The fourth-order valence-electron chi connectivity index (χ4n) is 3.96. The summed E-state index contributed by atoms with van der Waals surface area (Å²) in [6, 6.07) is 1.98. The Morgan fingerprint density at radius 1 is 1.10 bits per heavy atom. The van der Waals surface area contributed by atoms with Gasteiger partial charge in [-0.25, -0.2) is 0 Å². The Hall–Kier alpha value is -1.03. The molecule has 1 aromatic rings. The maximum absolute atomic E-state index is 12.0. The number of hydrogen-bond acceptors (Lipinski definition) is 2. The Morgan fingerprint density at radius 2 is 1.76 bits per heavy atom. The third kappa shape index (κ3) is 2.37. The number of carboxylic acids is 1. The first kappa shape index (κ1) is 14.9. The van der Waals surface area contributed by atoms with Gasteiger partial charge in [0, 0.05) is 5.56 Å². The van der Waals surface area contributed by atoms with Crippen LogP contribution in [0.4, 0.5) is 0 Å². The standard InChI is InChI=1S/C17H21BrO3/c18-14-12-7-3-2-6-11(12)10-13(15(14)19)17(16(20)21)8-4-1-5-9-17/h10,19H,1-9H2,(H,20,21). The van der Waals surface area contributed by atoms with Gasteiger partial charge >= 0.3 is 5.97 Å². The predicted octanol–water partition coefficient (Wildman–Crippen LogP) is 4.32. The minimum Gasteiger partial charge on any atom is -0.506 e. The van der Waals surface area contributed by atoms with E-state index < -0.39 is 11.4 Å². The van der Waals surface area contributed by atoms with Gasteiger partial charge in [-0.05, 0) is 65.6 Å². The summed E-state index contributed by atoms with van der Waals surface area (Å²) in [6.07, 6.45) is 8.39. The zero-order valence-electron chi connectivity index (χ0n) is 12.1. The fraction of sp³-hybridized carbons (Fsp3) is 0.588. The van der Waals surface area contributed by atoms with Gasteiger partial charge in [0.1, 0.15) is 5.75 Å². The molecule has 2 aliphatic carbocycles. The van der Waals surface area contributed by atoms with Gasteiger partial charge in [-0.3, -0.25) is 4.79 Å². The molecule has 0 aliphatic heterocycles. The van der Waals surface area contributed by atoms with E-state index in [4.69, 9.17) is 0 Å². The van der Waals surface area contributed by atoms with Crippen LogP contribution in [-0.4, -0.2) is 16.2 Å². The monoisotopic (exact) mass is 352 g/mol. The van der Waals surface area contributed by atoms with E-state index in [1.165, 1.54) is 11.1 Å². The van der Waals surface area contributed by atoms with Crippen molar-refractivity contribution in [2.75, 3.05) is 0 Å². The van der Waals surface area contributed by atoms with Gasteiger partial charge in [0.25, 0.3) is 0 Å². The molecule has 0 bridgehead atoms. The Labute approximate surface area is 133 Å². The number of aliphatic carboxylic acids is 1. The molecule has 0 radical (unpaired) electrons. The lowest BCUT2D eigenvalue weighted by Gasteiger charge is -2.35. The smallest absolute Gasteiger partial charge is 0.314 e. The molecule has 2 aliphatic rings. The van der Waals surface area contributed by atoms with Gasteiger partial charge in [-0.15, -0.1) is 0 Å². The van der Waals surface area contributed by atoms with E-state index >= 15 is 0 Å². The van der Waals surface area contributed by atoms with Crippen LogP contribution in [0.5, 0.6) is 5.75 Å². The summed E-state index contributed by atoms with van der Waals surface area (Å²) in [7, 11) is 0. The van der Waals surface area contributed by atoms with Gasteiger partial charge in [0.05, 0.1) is 9.89 Å². The first-order valence-corrected chi connectivity index (χ1v) is 8.62. The lowest BCUT2D eigenvalue weighted by molar-refractivity contribution is -0.145. The summed E-state index contributed by atoms with van der Waals surface area (Å²) in [4.78, 5) is 12.0. The van der Waals surface area contributed by atoms with E-state index in [2.05, 4.69) is 15.9 Å². The predicted molar refractivity (Wildman–Crippen MR) is 84.8 cm³/mol. The minimum absolute atomic E-state index is 0.153. The number of carbonyl (C=O) groups is 1. The lowest BCUT2D eigenvalue weighted by Crippen LogP contribution is -2.38. The van der Waals surface area contributed by atoms with Crippen LogP contribution in [0.2, 0.25) is 0 Å². The molecule has 0 aromatic heterocycles. The highest BCUT2D eigenvalue weighted by atomic mass is 79.9. The molecule has 2 N–H and O–H groups in total. The fourth-order valence-corrected chi connectivity index (χ4v) is 4.63. The van der Waals surface area contributed by atoms with E-state index in [0.29, 0.717) is 18.4 Å². The SMILES string of the molecule is O=C(O)C1(c2cc3c(c(Br)c2O)CCCC3)CCCCC1. The normalized spacial score (nSPS) is 20.8. The van der Waals surface area contributed by atoms with E-state index in [1.807, 2.05) is 6.07 Å². The number of rotatable bonds is 2. The summed E-state index contributed by atoms with van der Waals surface area (Å²) < 4.78 is 0.723. The molecule has 0 unspecified atom stereocenters. The average Bonchev–Trinajstić information content (AvgIpc) is 2.51. The quantitative estimate of drug-likeness (QED) is 0.833. The third-order valence-electron chi connectivity index (χ3n) is 5.19. The number of carboxylic acid groups (broad SMARTS) is 1. The molecule has 0 amide bonds. The molecule has 0 saturated heterocycles. The second-order valence-corrected chi connectivity index (χ2v) is 7.17. The Morgan fingerprint density at radius 3 is 2.43 bits per heavy atom. The van der Waals surface area contributed by atoms with Crippen molar-refractivity contribution in [3.05, 3.63) is 27.2 Å². The zero-order valence-corrected chi connectivity index (χ0v) is 13.7. The number of halogens is 1. The van der Waals surface area contributed by atoms with Crippen molar-refractivity contribution in [3.63, 3.8) is 0 Å². The molecule has 1 saturated carbocycles. The molecular formula is C17H21BrO3. The average molecular weight is 353 g/mol. The number of benzene rings is 1. The maximum Gasteiger partial charge on any atom is 0.314 e. The van der Waals surface area contributed by atoms with Crippen LogP contribution in [0.15, 0.2) is 10.5 Å². The van der Waals surface area contributed by atoms with Crippen molar-refractivity contribution in [3.8, 4) is 5.75 Å². The topological polar surface area (TPSA) is 57.5 Å². The number of fused-ring (bicyclic) bond motifs is 1. The first-order valence-electron chi connectivity index (χ1n) is 7.83. The molecule has 0 spiro atoms. The lowest BCUT2D eigenvalue weighted by atomic mass is 9.68. The number of aryl methyl sites for hydroxylation is 1. The molecule has 0 heterocycles. The number of hydrogen-bond donors (Lipinski definition) is 2. The van der Waals surface area contributed by atoms with Crippen LogP contribution in [0, 0.1) is 0 Å². The summed E-state index contributed by atoms with van der Waals surface area (Å²) in [5.41, 5.74) is 2.10. The molecule has 114 valence electrons. The molecular weight excluding hydrogens is 332 g/mol. The van der Waals surface area contributed by atoms with Gasteiger partial charge in [-0.2, -0.15) is 0 Å². The first-order chi connectivity index (χ1) is 10.1. The number of phenols is 1. The molecule has 3 nitrogen and oxygen atoms in total. The molecule has 4 heteroatoms. The summed E-state index contributed by atoms with van der Waals surface area (Å²) in [5.74, 6) is -0.639. The highest BCUT2D eigenvalue weighted by Crippen LogP contribution is 2.48. The highest BCUT2D eigenvalue weighted by Gasteiger charge is 2.44. The molecule has 0 atom stereocenters. The Balaban J connectivity index is 2.16. The molecule has 3 rings (SSSR count). The van der Waals surface area contributed by atoms with Crippen LogP contribution < -0.4 is 0 Å². The van der Waals surface area contributed by atoms with Crippen molar-refractivity contribution in [1.29, 1.82) is 0 Å². The zero-order chi connectivity index (χ0) is 15.0. The van der Waals surface area contributed by atoms with Crippen molar-refractivity contribution < 1.29 is 15.0 Å². The van der Waals surface area contributed by atoms with Crippen LogP contribution in [0.25, 0.3) is 0 Å². The van der Waals surface area contributed by atoms with Crippen LogP contribution in [0.1, 0.15) is 61.6 Å². The second kappa shape index (κ2) is 5.64. The van der Waals surface area contributed by atoms with Crippen molar-refractivity contribution in [2.45, 2.75) is 63.2 Å². The largest absolute Gasteiger partial charge is 0.506 e. The summed E-state index contributed by atoms with van der Waals surface area (Å²) in [5, 5.41) is 20.4. The van der Waals surface area contributed by atoms with E-state index in [1.54, 1.807) is 0 Å². The summed E-state index contributed by atoms with van der Waals surface area (Å²) >= 11 is 3.51. The molecule has 1 fully saturated rings. The van der Waals surface area contributed by atoms with Gasteiger partial charge in [-0.1, -0.05) is 25.3 Å². The summed E-state index contributed by atoms with van der Waals surface area (Å²) in [6.45, 7) is 0. The number of aromatic hydroxyl groups is 1. The maximum atomic E-state index is 12.0.